The summed E-state index contributed by atoms with van der Waals surface area (Å²) in [4.78, 5) is 4.25. The van der Waals surface area contributed by atoms with E-state index in [4.69, 9.17) is 4.74 Å². The minimum absolute atomic E-state index is 0.728. The van der Waals surface area contributed by atoms with E-state index in [1.54, 1.807) is 18.4 Å². The first-order valence-electron chi connectivity index (χ1n) is 3.27. The normalized spacial score (nSPS) is 10.7. The molecular weight excluding hydrogens is 160 g/mol. The summed E-state index contributed by atoms with van der Waals surface area (Å²) in [6, 6.07) is 2.04. The van der Waals surface area contributed by atoms with Gasteiger partial charge in [-0.15, -0.1) is 0 Å². The summed E-state index contributed by atoms with van der Waals surface area (Å²) in [7, 11) is 3.61. The van der Waals surface area contributed by atoms with Crippen LogP contribution in [0.1, 0.15) is 0 Å². The van der Waals surface area contributed by atoms with Crippen molar-refractivity contribution in [1.29, 1.82) is 0 Å². The first-order valence-corrected chi connectivity index (χ1v) is 4.09. The topological polar surface area (TPSA) is 27.1 Å². The molecule has 3 nitrogen and oxygen atoms in total. The maximum atomic E-state index is 5.01. The van der Waals surface area contributed by atoms with Gasteiger partial charge in [0.25, 0.3) is 5.19 Å². The molecule has 0 N–H and O–H groups in total. The first kappa shape index (κ1) is 6.67. The molecule has 0 unspecified atom stereocenters. The summed E-state index contributed by atoms with van der Waals surface area (Å²) < 4.78 is 8.16. The van der Waals surface area contributed by atoms with Crippen molar-refractivity contribution in [2.75, 3.05) is 7.11 Å². The van der Waals surface area contributed by atoms with E-state index in [0.29, 0.717) is 0 Å². The molecule has 0 spiro atoms. The van der Waals surface area contributed by atoms with Gasteiger partial charge in [0.15, 0.2) is 5.65 Å². The van der Waals surface area contributed by atoms with Crippen LogP contribution in [0.25, 0.3) is 10.3 Å². The van der Waals surface area contributed by atoms with Crippen molar-refractivity contribution in [3.8, 4) is 5.19 Å². The van der Waals surface area contributed by atoms with Crippen molar-refractivity contribution < 1.29 is 4.74 Å². The lowest BCUT2D eigenvalue weighted by atomic mass is 10.6. The number of aryl methyl sites for hydroxylation is 1. The monoisotopic (exact) mass is 168 g/mol. The molecule has 0 aliphatic carbocycles. The fourth-order valence-corrected chi connectivity index (χ4v) is 1.82. The quantitative estimate of drug-likeness (QED) is 0.647. The number of fused-ring (bicyclic) bond motifs is 1. The van der Waals surface area contributed by atoms with Crippen molar-refractivity contribution in [3.63, 3.8) is 0 Å². The van der Waals surface area contributed by atoms with E-state index in [9.17, 15) is 0 Å². The zero-order chi connectivity index (χ0) is 7.84. The standard InChI is InChI=1S/C7H8N2OS/c1-9-4-3-5-6(9)8-7(10-2)11-5/h3-4H,1-2H3. The molecule has 0 aromatic carbocycles. The van der Waals surface area contributed by atoms with Gasteiger partial charge in [-0.25, -0.2) is 0 Å². The van der Waals surface area contributed by atoms with Crippen LogP contribution in [0.2, 0.25) is 0 Å². The Labute approximate surface area is 68.2 Å². The van der Waals surface area contributed by atoms with Gasteiger partial charge >= 0.3 is 0 Å². The summed E-state index contributed by atoms with van der Waals surface area (Å²) in [5.41, 5.74) is 0.992. The van der Waals surface area contributed by atoms with Gasteiger partial charge in [0, 0.05) is 13.2 Å². The molecule has 4 heteroatoms. The van der Waals surface area contributed by atoms with Gasteiger partial charge in [-0.3, -0.25) is 0 Å². The molecule has 0 aliphatic rings. The van der Waals surface area contributed by atoms with Crippen molar-refractivity contribution in [2.45, 2.75) is 0 Å². The van der Waals surface area contributed by atoms with Crippen molar-refractivity contribution in [2.24, 2.45) is 7.05 Å². The second-order valence-corrected chi connectivity index (χ2v) is 3.29. The largest absolute Gasteiger partial charge is 0.473 e. The molecule has 0 saturated heterocycles. The Kier molecular flexibility index (Phi) is 1.35. The van der Waals surface area contributed by atoms with E-state index in [2.05, 4.69) is 4.98 Å². The van der Waals surface area contributed by atoms with Gasteiger partial charge in [0.05, 0.1) is 11.8 Å². The van der Waals surface area contributed by atoms with Crippen LogP contribution in [0, 0.1) is 0 Å². The van der Waals surface area contributed by atoms with Crippen LogP contribution in [-0.2, 0) is 7.05 Å². The number of rotatable bonds is 1. The highest BCUT2D eigenvalue weighted by molar-refractivity contribution is 7.20. The van der Waals surface area contributed by atoms with E-state index in [1.807, 2.05) is 23.9 Å². The summed E-state index contributed by atoms with van der Waals surface area (Å²) in [6.45, 7) is 0. The van der Waals surface area contributed by atoms with Crippen LogP contribution in [0.5, 0.6) is 5.19 Å². The molecule has 58 valence electrons. The van der Waals surface area contributed by atoms with Crippen LogP contribution in [0.3, 0.4) is 0 Å². The Balaban J connectivity index is 2.70. The fourth-order valence-electron chi connectivity index (χ4n) is 1.00. The highest BCUT2D eigenvalue weighted by atomic mass is 32.1. The fraction of sp³-hybridized carbons (Fsp3) is 0.286. The molecule has 0 radical (unpaired) electrons. The van der Waals surface area contributed by atoms with E-state index >= 15 is 0 Å². The number of nitrogens with zero attached hydrogens (tertiary/aromatic N) is 2. The lowest BCUT2D eigenvalue weighted by molar-refractivity contribution is 0.412. The summed E-state index contributed by atoms with van der Waals surface area (Å²) in [5, 5.41) is 0.728. The van der Waals surface area contributed by atoms with Crippen LogP contribution in [0.15, 0.2) is 12.3 Å². The minimum atomic E-state index is 0.728. The molecule has 11 heavy (non-hydrogen) atoms. The number of hydrogen-bond acceptors (Lipinski definition) is 3. The third-order valence-electron chi connectivity index (χ3n) is 1.57. The molecule has 2 aromatic heterocycles. The number of hydrogen-bond donors (Lipinski definition) is 0. The SMILES string of the molecule is COc1nc2c(ccn2C)s1. The van der Waals surface area contributed by atoms with Gasteiger partial charge in [-0.2, -0.15) is 4.98 Å². The molecule has 0 fully saturated rings. The number of ether oxygens (including phenoxy) is 1. The maximum absolute atomic E-state index is 5.01. The van der Waals surface area contributed by atoms with E-state index in [-0.39, 0.29) is 0 Å². The van der Waals surface area contributed by atoms with Gasteiger partial charge in [-0.1, -0.05) is 11.3 Å². The van der Waals surface area contributed by atoms with Crippen LogP contribution >= 0.6 is 11.3 Å². The third kappa shape index (κ3) is 0.903. The first-order chi connectivity index (χ1) is 5.31. The highest BCUT2D eigenvalue weighted by Crippen LogP contribution is 2.27. The van der Waals surface area contributed by atoms with E-state index < -0.39 is 0 Å². The second kappa shape index (κ2) is 2.23. The number of aromatic nitrogens is 2. The van der Waals surface area contributed by atoms with E-state index in [0.717, 1.165) is 10.8 Å². The molecule has 0 saturated carbocycles. The predicted octanol–water partition coefficient (Wildman–Crippen LogP) is 1.64. The zero-order valence-corrected chi connectivity index (χ0v) is 7.18. The Bertz CT molecular complexity index is 377. The smallest absolute Gasteiger partial charge is 0.275 e. The zero-order valence-electron chi connectivity index (χ0n) is 6.37. The van der Waals surface area contributed by atoms with Gasteiger partial charge in [0.2, 0.25) is 0 Å². The Morgan fingerprint density at radius 3 is 3.09 bits per heavy atom. The van der Waals surface area contributed by atoms with Crippen LogP contribution < -0.4 is 4.74 Å². The Morgan fingerprint density at radius 2 is 2.45 bits per heavy atom. The highest BCUT2D eigenvalue weighted by Gasteiger charge is 2.05. The molecule has 2 aromatic rings. The lowest BCUT2D eigenvalue weighted by Gasteiger charge is -1.89. The number of methoxy groups -OCH3 is 1. The van der Waals surface area contributed by atoms with Crippen LogP contribution in [-0.4, -0.2) is 16.7 Å². The Morgan fingerprint density at radius 1 is 1.64 bits per heavy atom. The van der Waals surface area contributed by atoms with Crippen molar-refractivity contribution >= 4 is 21.7 Å². The maximum Gasteiger partial charge on any atom is 0.275 e. The molecule has 2 rings (SSSR count). The molecule has 0 aliphatic heterocycles. The molecule has 0 amide bonds. The minimum Gasteiger partial charge on any atom is -0.473 e. The number of thiazole rings is 1. The van der Waals surface area contributed by atoms with Crippen molar-refractivity contribution in [1.82, 2.24) is 9.55 Å². The van der Waals surface area contributed by atoms with Gasteiger partial charge in [-0.05, 0) is 6.07 Å². The van der Waals surface area contributed by atoms with Crippen LogP contribution in [0.4, 0.5) is 0 Å². The summed E-state index contributed by atoms with van der Waals surface area (Å²) in [6.07, 6.45) is 1.99. The lowest BCUT2D eigenvalue weighted by Crippen LogP contribution is -1.85. The summed E-state index contributed by atoms with van der Waals surface area (Å²) >= 11 is 1.56. The molecule has 2 heterocycles. The average molecular weight is 168 g/mol. The average Bonchev–Trinajstić information content (AvgIpc) is 2.53. The molecule has 0 bridgehead atoms. The summed E-state index contributed by atoms with van der Waals surface area (Å²) in [5.74, 6) is 0. The Hall–Kier alpha value is -1.03. The van der Waals surface area contributed by atoms with E-state index in [1.165, 1.54) is 4.70 Å². The van der Waals surface area contributed by atoms with Gasteiger partial charge in [0.1, 0.15) is 0 Å². The van der Waals surface area contributed by atoms with Gasteiger partial charge < -0.3 is 9.30 Å². The van der Waals surface area contributed by atoms with Crippen molar-refractivity contribution in [3.05, 3.63) is 12.3 Å². The third-order valence-corrected chi connectivity index (χ3v) is 2.54. The molecule has 0 atom stereocenters. The second-order valence-electron chi connectivity index (χ2n) is 2.30. The predicted molar refractivity (Wildman–Crippen MR) is 45.1 cm³/mol. The molecular formula is C7H8N2OS.